The molecule has 2 rings (SSSR count). The van der Waals surface area contributed by atoms with Gasteiger partial charge in [-0.3, -0.25) is 4.79 Å². The minimum Gasteiger partial charge on any atom is -0.493 e. The number of anilines is 1. The van der Waals surface area contributed by atoms with Crippen LogP contribution in [-0.4, -0.2) is 43.0 Å². The lowest BCUT2D eigenvalue weighted by Crippen LogP contribution is -2.32. The molecule has 9 nitrogen and oxygen atoms in total. The van der Waals surface area contributed by atoms with Crippen LogP contribution in [0.5, 0.6) is 11.5 Å². The summed E-state index contributed by atoms with van der Waals surface area (Å²) < 4.78 is 16.3. The Kier molecular flexibility index (Phi) is 7.67. The zero-order valence-electron chi connectivity index (χ0n) is 14.7. The highest BCUT2D eigenvalue weighted by Gasteiger charge is 2.15. The first-order valence-corrected chi connectivity index (χ1v) is 8.92. The molecule has 0 aliphatic heterocycles. The van der Waals surface area contributed by atoms with E-state index in [9.17, 15) is 4.79 Å². The number of rotatable bonds is 10. The molecule has 1 aromatic carbocycles. The standard InChI is InChI=1S/C16H22BrN5O4/c1-3-6-25-14-11(17)7-10(8-12(14)24-2)9-19-4-5-20-16(23)13-15(18)22-26-21-13/h7-8,19H,3-6,9H2,1-2H3,(H2,18,22)(H,20,23). The molecule has 2 aromatic rings. The Bertz CT molecular complexity index is 737. The molecule has 0 fully saturated rings. The molecular formula is C16H22BrN5O4. The molecule has 1 aromatic heterocycles. The minimum atomic E-state index is -0.424. The first-order chi connectivity index (χ1) is 12.6. The van der Waals surface area contributed by atoms with E-state index in [4.69, 9.17) is 15.2 Å². The summed E-state index contributed by atoms with van der Waals surface area (Å²) in [6.45, 7) is 4.24. The molecule has 0 bridgehead atoms. The maximum atomic E-state index is 11.8. The molecule has 0 radical (unpaired) electrons. The summed E-state index contributed by atoms with van der Waals surface area (Å²) in [5.41, 5.74) is 6.47. The number of nitrogens with one attached hydrogen (secondary N) is 2. The topological polar surface area (TPSA) is 125 Å². The molecule has 0 aliphatic rings. The van der Waals surface area contributed by atoms with Crippen LogP contribution in [0.2, 0.25) is 0 Å². The van der Waals surface area contributed by atoms with Crippen molar-refractivity contribution in [3.63, 3.8) is 0 Å². The van der Waals surface area contributed by atoms with Crippen molar-refractivity contribution in [2.45, 2.75) is 19.9 Å². The Hall–Kier alpha value is -2.33. The normalized spacial score (nSPS) is 10.6. The van der Waals surface area contributed by atoms with E-state index in [1.54, 1.807) is 7.11 Å². The van der Waals surface area contributed by atoms with Gasteiger partial charge >= 0.3 is 0 Å². The molecule has 0 atom stereocenters. The highest BCUT2D eigenvalue weighted by atomic mass is 79.9. The maximum Gasteiger partial charge on any atom is 0.277 e. The average molecular weight is 428 g/mol. The molecular weight excluding hydrogens is 406 g/mol. The fraction of sp³-hybridized carbons (Fsp3) is 0.438. The van der Waals surface area contributed by atoms with E-state index < -0.39 is 5.91 Å². The Balaban J connectivity index is 1.81. The second kappa shape index (κ2) is 9.97. The highest BCUT2D eigenvalue weighted by Crippen LogP contribution is 2.36. The predicted octanol–water partition coefficient (Wildman–Crippen LogP) is 1.73. The van der Waals surface area contributed by atoms with Gasteiger partial charge in [-0.1, -0.05) is 6.92 Å². The number of methoxy groups -OCH3 is 1. The summed E-state index contributed by atoms with van der Waals surface area (Å²) in [6, 6.07) is 3.89. The van der Waals surface area contributed by atoms with Crippen LogP contribution in [0.3, 0.4) is 0 Å². The maximum absolute atomic E-state index is 11.8. The predicted molar refractivity (Wildman–Crippen MR) is 99.2 cm³/mol. The number of nitrogens with two attached hydrogens (primary N) is 1. The third kappa shape index (κ3) is 5.33. The molecule has 142 valence electrons. The number of ether oxygens (including phenoxy) is 2. The third-order valence-electron chi connectivity index (χ3n) is 3.39. The second-order valence-corrected chi connectivity index (χ2v) is 6.24. The van der Waals surface area contributed by atoms with Gasteiger partial charge in [-0.2, -0.15) is 0 Å². The van der Waals surface area contributed by atoms with Gasteiger partial charge in [0.25, 0.3) is 5.91 Å². The lowest BCUT2D eigenvalue weighted by Gasteiger charge is -2.14. The van der Waals surface area contributed by atoms with Crippen LogP contribution in [0.1, 0.15) is 29.4 Å². The van der Waals surface area contributed by atoms with Gasteiger partial charge in [0.1, 0.15) is 0 Å². The molecule has 0 aliphatic carbocycles. The van der Waals surface area contributed by atoms with Crippen LogP contribution < -0.4 is 25.8 Å². The number of nitrogen functional groups attached to an aromatic ring is 1. The van der Waals surface area contributed by atoms with Crippen molar-refractivity contribution in [1.29, 1.82) is 0 Å². The molecule has 4 N–H and O–H groups in total. The SMILES string of the molecule is CCCOc1c(Br)cc(CNCCNC(=O)c2nonc2N)cc1OC. The summed E-state index contributed by atoms with van der Waals surface area (Å²) in [5.74, 6) is 0.918. The lowest BCUT2D eigenvalue weighted by atomic mass is 10.2. The number of nitrogens with zero attached hydrogens (tertiary/aromatic N) is 2. The Labute approximate surface area is 159 Å². The molecule has 10 heteroatoms. The van der Waals surface area contributed by atoms with Crippen molar-refractivity contribution in [3.05, 3.63) is 27.9 Å². The van der Waals surface area contributed by atoms with Crippen LogP contribution in [0.25, 0.3) is 0 Å². The van der Waals surface area contributed by atoms with Crippen LogP contribution in [-0.2, 0) is 6.54 Å². The molecule has 0 unspecified atom stereocenters. The number of carbonyl (C=O) groups excluding carboxylic acids is 1. The van der Waals surface area contributed by atoms with Gasteiger partial charge in [-0.15, -0.1) is 0 Å². The van der Waals surface area contributed by atoms with Crippen LogP contribution in [0.15, 0.2) is 21.2 Å². The zero-order chi connectivity index (χ0) is 18.9. The largest absolute Gasteiger partial charge is 0.493 e. The second-order valence-electron chi connectivity index (χ2n) is 5.39. The van der Waals surface area contributed by atoms with E-state index in [2.05, 4.69) is 41.5 Å². The van der Waals surface area contributed by atoms with Crippen molar-refractivity contribution in [2.75, 3.05) is 32.5 Å². The van der Waals surface area contributed by atoms with Gasteiger partial charge in [-0.05, 0) is 50.4 Å². The van der Waals surface area contributed by atoms with Crippen molar-refractivity contribution in [1.82, 2.24) is 20.9 Å². The average Bonchev–Trinajstić information content (AvgIpc) is 3.06. The summed E-state index contributed by atoms with van der Waals surface area (Å²) in [4.78, 5) is 11.8. The van der Waals surface area contributed by atoms with Crippen molar-refractivity contribution < 1.29 is 18.9 Å². The minimum absolute atomic E-state index is 0.0127. The van der Waals surface area contributed by atoms with Crippen molar-refractivity contribution >= 4 is 27.7 Å². The zero-order valence-corrected chi connectivity index (χ0v) is 16.3. The molecule has 26 heavy (non-hydrogen) atoms. The Morgan fingerprint density at radius 1 is 1.35 bits per heavy atom. The summed E-state index contributed by atoms with van der Waals surface area (Å²) in [6.07, 6.45) is 0.917. The first-order valence-electron chi connectivity index (χ1n) is 8.13. The number of hydrogen-bond donors (Lipinski definition) is 3. The number of hydrogen-bond acceptors (Lipinski definition) is 8. The molecule has 0 saturated carbocycles. The fourth-order valence-corrected chi connectivity index (χ4v) is 2.76. The molecule has 0 spiro atoms. The summed E-state index contributed by atoms with van der Waals surface area (Å²) in [5, 5.41) is 12.7. The van der Waals surface area contributed by atoms with E-state index in [1.807, 2.05) is 19.1 Å². The fourth-order valence-electron chi connectivity index (χ4n) is 2.15. The Morgan fingerprint density at radius 3 is 2.81 bits per heavy atom. The van der Waals surface area contributed by atoms with E-state index in [-0.39, 0.29) is 11.5 Å². The van der Waals surface area contributed by atoms with Gasteiger partial charge in [0.15, 0.2) is 11.5 Å². The number of halogens is 1. The summed E-state index contributed by atoms with van der Waals surface area (Å²) in [7, 11) is 1.61. The molecule has 1 heterocycles. The first kappa shape index (κ1) is 20.0. The van der Waals surface area contributed by atoms with Gasteiger partial charge in [-0.25, -0.2) is 4.63 Å². The number of amides is 1. The van der Waals surface area contributed by atoms with E-state index >= 15 is 0 Å². The quantitative estimate of drug-likeness (QED) is 0.489. The Morgan fingerprint density at radius 2 is 2.15 bits per heavy atom. The number of benzene rings is 1. The smallest absolute Gasteiger partial charge is 0.277 e. The van der Waals surface area contributed by atoms with Gasteiger partial charge in [0, 0.05) is 19.6 Å². The van der Waals surface area contributed by atoms with Crippen molar-refractivity contribution in [3.8, 4) is 11.5 Å². The van der Waals surface area contributed by atoms with Crippen LogP contribution >= 0.6 is 15.9 Å². The van der Waals surface area contributed by atoms with E-state index in [0.717, 1.165) is 16.5 Å². The van der Waals surface area contributed by atoms with Crippen LogP contribution in [0, 0.1) is 0 Å². The number of carbonyl (C=O) groups is 1. The third-order valence-corrected chi connectivity index (χ3v) is 3.97. The van der Waals surface area contributed by atoms with E-state index in [1.165, 1.54) is 0 Å². The van der Waals surface area contributed by atoms with Crippen LogP contribution in [0.4, 0.5) is 5.82 Å². The van der Waals surface area contributed by atoms with Gasteiger partial charge < -0.3 is 25.8 Å². The van der Waals surface area contributed by atoms with Gasteiger partial charge in [0.2, 0.25) is 11.5 Å². The number of aromatic nitrogens is 2. The van der Waals surface area contributed by atoms with Gasteiger partial charge in [0.05, 0.1) is 18.2 Å². The molecule has 0 saturated heterocycles. The molecule has 1 amide bonds. The van der Waals surface area contributed by atoms with E-state index in [0.29, 0.717) is 37.7 Å². The monoisotopic (exact) mass is 427 g/mol. The van der Waals surface area contributed by atoms with Crippen molar-refractivity contribution in [2.24, 2.45) is 0 Å². The summed E-state index contributed by atoms with van der Waals surface area (Å²) >= 11 is 3.52. The highest BCUT2D eigenvalue weighted by molar-refractivity contribution is 9.10. The lowest BCUT2D eigenvalue weighted by molar-refractivity contribution is 0.0944.